The third-order valence-corrected chi connectivity index (χ3v) is 13.5. The van der Waals surface area contributed by atoms with Crippen molar-refractivity contribution in [2.45, 2.75) is 69.2 Å². The van der Waals surface area contributed by atoms with Crippen molar-refractivity contribution in [3.63, 3.8) is 0 Å². The lowest BCUT2D eigenvalue weighted by Gasteiger charge is -2.37. The minimum atomic E-state index is -3.17. The number of nitro benzene ring substituents is 1. The number of anilines is 2. The minimum absolute atomic E-state index is 0.0656. The SMILES string of the molecule is C[C@H]1[C@H]([Si](C)(C)O)[C@@H](CC(=O)N2Cc3ccccc3C[C@H]2CO)O[C@]12C(=O)N(Cc1cccc(NC(=O)c3ccccc3)c1)c1ccc([N+](=O)[O-])cc12. The highest BCUT2D eigenvalue weighted by Crippen LogP contribution is 2.60. The number of aliphatic hydroxyl groups is 1. The zero-order chi connectivity index (χ0) is 37.7. The fourth-order valence-corrected chi connectivity index (χ4v) is 11.1. The summed E-state index contributed by atoms with van der Waals surface area (Å²) in [7, 11) is -3.17. The van der Waals surface area contributed by atoms with E-state index in [2.05, 4.69) is 5.32 Å². The van der Waals surface area contributed by atoms with Crippen molar-refractivity contribution >= 4 is 43.1 Å². The van der Waals surface area contributed by atoms with E-state index in [9.17, 15) is 34.4 Å². The van der Waals surface area contributed by atoms with Crippen LogP contribution in [0.4, 0.5) is 17.1 Å². The molecule has 0 unspecified atom stereocenters. The van der Waals surface area contributed by atoms with Crippen LogP contribution in [0.25, 0.3) is 0 Å². The van der Waals surface area contributed by atoms with Crippen molar-refractivity contribution in [3.05, 3.63) is 135 Å². The number of fused-ring (bicyclic) bond motifs is 3. The first-order valence-corrected chi connectivity index (χ1v) is 20.8. The highest BCUT2D eigenvalue weighted by Gasteiger charge is 2.66. The van der Waals surface area contributed by atoms with Crippen molar-refractivity contribution in [2.24, 2.45) is 5.92 Å². The number of ether oxygens (including phenoxy) is 1. The number of hydrogen-bond acceptors (Lipinski definition) is 8. The first-order chi connectivity index (χ1) is 25.3. The summed E-state index contributed by atoms with van der Waals surface area (Å²) in [4.78, 5) is 68.4. The molecule has 3 N–H and O–H groups in total. The number of nitrogens with zero attached hydrogens (tertiary/aromatic N) is 3. The average molecular weight is 735 g/mol. The van der Waals surface area contributed by atoms with Crippen LogP contribution in [0.3, 0.4) is 0 Å². The molecule has 0 aliphatic carbocycles. The Kier molecular flexibility index (Phi) is 9.53. The van der Waals surface area contributed by atoms with Gasteiger partial charge in [-0.2, -0.15) is 0 Å². The molecule has 1 saturated heterocycles. The van der Waals surface area contributed by atoms with E-state index in [1.165, 1.54) is 17.0 Å². The molecule has 0 radical (unpaired) electrons. The smallest absolute Gasteiger partial charge is 0.269 e. The fraction of sp³-hybridized carbons (Fsp3) is 0.325. The van der Waals surface area contributed by atoms with Gasteiger partial charge in [0.25, 0.3) is 17.5 Å². The van der Waals surface area contributed by atoms with Gasteiger partial charge in [0, 0.05) is 47.0 Å². The van der Waals surface area contributed by atoms with Gasteiger partial charge in [0.05, 0.1) is 42.3 Å². The number of rotatable bonds is 9. The number of non-ortho nitro benzene ring substituents is 1. The third kappa shape index (κ3) is 6.54. The Morgan fingerprint density at radius 2 is 1.72 bits per heavy atom. The van der Waals surface area contributed by atoms with Gasteiger partial charge >= 0.3 is 0 Å². The Labute approximate surface area is 308 Å². The molecule has 13 heteroatoms. The summed E-state index contributed by atoms with van der Waals surface area (Å²) in [6.45, 7) is 5.47. The van der Waals surface area contributed by atoms with Gasteiger partial charge in [-0.3, -0.25) is 24.5 Å². The molecule has 3 aliphatic heterocycles. The molecule has 1 spiro atoms. The molecule has 274 valence electrons. The van der Waals surface area contributed by atoms with Gasteiger partial charge in [0.1, 0.15) is 0 Å². The maximum absolute atomic E-state index is 14.9. The molecule has 4 aromatic carbocycles. The van der Waals surface area contributed by atoms with E-state index >= 15 is 0 Å². The predicted octanol–water partition coefficient (Wildman–Crippen LogP) is 5.53. The number of carbonyl (C=O) groups excluding carboxylic acids is 3. The second kappa shape index (κ2) is 14.0. The Morgan fingerprint density at radius 3 is 2.42 bits per heavy atom. The van der Waals surface area contributed by atoms with Crippen LogP contribution in [0.2, 0.25) is 18.6 Å². The first-order valence-electron chi connectivity index (χ1n) is 17.8. The number of nitrogens with one attached hydrogen (secondary N) is 1. The van der Waals surface area contributed by atoms with Crippen molar-refractivity contribution < 1.29 is 33.9 Å². The number of benzene rings is 4. The predicted molar refractivity (Wildman–Crippen MR) is 200 cm³/mol. The summed E-state index contributed by atoms with van der Waals surface area (Å²) < 4.78 is 6.82. The van der Waals surface area contributed by atoms with Crippen LogP contribution in [0, 0.1) is 16.0 Å². The summed E-state index contributed by atoms with van der Waals surface area (Å²) in [5.41, 5.74) is 2.00. The van der Waals surface area contributed by atoms with Crippen LogP contribution in [0.5, 0.6) is 0 Å². The van der Waals surface area contributed by atoms with Gasteiger partial charge in [0.15, 0.2) is 13.9 Å². The summed E-state index contributed by atoms with van der Waals surface area (Å²) in [6.07, 6.45) is -0.531. The van der Waals surface area contributed by atoms with Crippen LogP contribution >= 0.6 is 0 Å². The molecule has 4 aromatic rings. The zero-order valence-electron chi connectivity index (χ0n) is 29.8. The minimum Gasteiger partial charge on any atom is -0.432 e. The number of amides is 3. The Balaban J connectivity index is 1.22. The second-order valence-electron chi connectivity index (χ2n) is 14.8. The van der Waals surface area contributed by atoms with E-state index in [1.807, 2.05) is 43.3 Å². The lowest BCUT2D eigenvalue weighted by atomic mass is 9.82. The molecule has 7 rings (SSSR count). The molecule has 0 aromatic heterocycles. The van der Waals surface area contributed by atoms with E-state index in [1.54, 1.807) is 66.5 Å². The number of carbonyl (C=O) groups is 3. The Morgan fingerprint density at radius 1 is 1.00 bits per heavy atom. The van der Waals surface area contributed by atoms with Gasteiger partial charge in [-0.25, -0.2) is 0 Å². The van der Waals surface area contributed by atoms with E-state index in [-0.39, 0.29) is 37.1 Å². The molecule has 1 fully saturated rings. The van der Waals surface area contributed by atoms with Crippen LogP contribution in [-0.2, 0) is 39.4 Å². The summed E-state index contributed by atoms with van der Waals surface area (Å²) in [5.74, 6) is -1.66. The van der Waals surface area contributed by atoms with Crippen LogP contribution in [0.15, 0.2) is 97.1 Å². The van der Waals surface area contributed by atoms with Gasteiger partial charge in [0.2, 0.25) is 5.91 Å². The molecule has 3 heterocycles. The topological polar surface area (TPSA) is 163 Å². The first kappa shape index (κ1) is 36.2. The standard InChI is InChI=1S/C40H42N4O8Si/c1-25-37(53(2,3)51)35(21-36(46)42-23-29-14-8-7-13-28(29)19-32(42)24-45)52-40(25)33-20-31(44(49)50)16-17-34(33)43(39(40)48)22-26-10-9-15-30(18-26)41-38(47)27-11-5-4-6-12-27/h4-18,20,25,32,35,37,45,51H,19,21-24H2,1-3H3,(H,41,47)/t25-,32-,35+,37-,40+/m0/s1. The van der Waals surface area contributed by atoms with E-state index in [4.69, 9.17) is 4.74 Å². The summed E-state index contributed by atoms with van der Waals surface area (Å²) >= 11 is 0. The van der Waals surface area contributed by atoms with Gasteiger partial charge in [-0.15, -0.1) is 0 Å². The van der Waals surface area contributed by atoms with Crippen molar-refractivity contribution in [1.29, 1.82) is 0 Å². The van der Waals surface area contributed by atoms with Crippen LogP contribution in [0.1, 0.15) is 46.0 Å². The van der Waals surface area contributed by atoms with Crippen molar-refractivity contribution in [3.8, 4) is 0 Å². The van der Waals surface area contributed by atoms with Gasteiger partial charge < -0.3 is 29.8 Å². The molecule has 53 heavy (non-hydrogen) atoms. The highest BCUT2D eigenvalue weighted by molar-refractivity contribution is 6.71. The quantitative estimate of drug-likeness (QED) is 0.115. The molecule has 3 aliphatic rings. The normalized spacial score (nSPS) is 23.5. The van der Waals surface area contributed by atoms with Gasteiger partial charge in [-0.05, 0) is 66.5 Å². The Hall–Kier alpha value is -5.21. The third-order valence-electron chi connectivity index (χ3n) is 11.0. The van der Waals surface area contributed by atoms with E-state index in [0.29, 0.717) is 41.0 Å². The Bertz CT molecular complexity index is 2090. The largest absolute Gasteiger partial charge is 0.432 e. The van der Waals surface area contributed by atoms with Crippen LogP contribution in [-0.4, -0.2) is 64.5 Å². The molecule has 0 saturated carbocycles. The number of nitro groups is 1. The van der Waals surface area contributed by atoms with Crippen molar-refractivity contribution in [1.82, 2.24) is 4.90 Å². The molecular weight excluding hydrogens is 693 g/mol. The van der Waals surface area contributed by atoms with Crippen molar-refractivity contribution in [2.75, 3.05) is 16.8 Å². The number of aliphatic hydroxyl groups excluding tert-OH is 1. The summed E-state index contributed by atoms with van der Waals surface area (Å²) in [6, 6.07) is 27.5. The fourth-order valence-electron chi connectivity index (χ4n) is 8.59. The van der Waals surface area contributed by atoms with E-state index in [0.717, 1.165) is 11.1 Å². The summed E-state index contributed by atoms with van der Waals surface area (Å²) in [5, 5.41) is 25.2. The average Bonchev–Trinajstić information content (AvgIpc) is 3.57. The number of hydrogen-bond donors (Lipinski definition) is 3. The molecule has 12 nitrogen and oxygen atoms in total. The molecular formula is C40H42N4O8Si. The lowest BCUT2D eigenvalue weighted by Crippen LogP contribution is -2.48. The maximum atomic E-state index is 14.9. The van der Waals surface area contributed by atoms with Crippen LogP contribution < -0.4 is 10.2 Å². The van der Waals surface area contributed by atoms with E-state index < -0.39 is 48.4 Å². The monoisotopic (exact) mass is 734 g/mol. The molecule has 0 bridgehead atoms. The molecule has 5 atom stereocenters. The maximum Gasteiger partial charge on any atom is 0.269 e. The highest BCUT2D eigenvalue weighted by atomic mass is 28.4. The molecule has 3 amide bonds. The van der Waals surface area contributed by atoms with Gasteiger partial charge in [-0.1, -0.05) is 61.5 Å². The second-order valence-corrected chi connectivity index (χ2v) is 18.7. The zero-order valence-corrected chi connectivity index (χ0v) is 30.8. The lowest BCUT2D eigenvalue weighted by molar-refractivity contribution is -0.385.